The maximum absolute atomic E-state index is 12.9. The number of benzene rings is 2. The second-order valence-corrected chi connectivity index (χ2v) is 5.00. The number of hydrogen-bond acceptors (Lipinski definition) is 3. The maximum atomic E-state index is 12.9. The van der Waals surface area contributed by atoms with E-state index in [1.54, 1.807) is 31.2 Å². The van der Waals surface area contributed by atoms with E-state index in [-0.39, 0.29) is 24.5 Å². The van der Waals surface area contributed by atoms with Gasteiger partial charge in [-0.1, -0.05) is 42.5 Å². The second kappa shape index (κ2) is 8.62. The van der Waals surface area contributed by atoms with Gasteiger partial charge in [-0.25, -0.2) is 9.18 Å². The third kappa shape index (κ3) is 5.05. The second-order valence-electron chi connectivity index (χ2n) is 5.00. The molecular weight excluding hydrogens is 309 g/mol. The summed E-state index contributed by atoms with van der Waals surface area (Å²) in [5, 5.41) is 2.65. The quantitative estimate of drug-likeness (QED) is 0.384. The molecule has 0 bridgehead atoms. The van der Waals surface area contributed by atoms with Crippen molar-refractivity contribution in [2.75, 3.05) is 6.61 Å². The van der Waals surface area contributed by atoms with Gasteiger partial charge in [-0.2, -0.15) is 0 Å². The van der Waals surface area contributed by atoms with Gasteiger partial charge in [0.05, 0.1) is 6.61 Å². The van der Waals surface area contributed by atoms with Crippen LogP contribution in [0.4, 0.5) is 4.39 Å². The third-order valence-corrected chi connectivity index (χ3v) is 3.22. The molecule has 1 amide bonds. The number of esters is 1. The molecule has 0 aliphatic carbocycles. The van der Waals surface area contributed by atoms with Gasteiger partial charge in [0.15, 0.2) is 0 Å². The highest BCUT2D eigenvalue weighted by molar-refractivity contribution is 6.19. The first kappa shape index (κ1) is 17.4. The molecule has 124 valence electrons. The largest absolute Gasteiger partial charge is 0.462 e. The van der Waals surface area contributed by atoms with Crippen molar-refractivity contribution in [1.82, 2.24) is 5.32 Å². The van der Waals surface area contributed by atoms with E-state index < -0.39 is 11.9 Å². The van der Waals surface area contributed by atoms with E-state index in [0.717, 1.165) is 11.1 Å². The first-order valence-electron chi connectivity index (χ1n) is 7.56. The number of rotatable bonds is 6. The summed E-state index contributed by atoms with van der Waals surface area (Å²) >= 11 is 0. The SMILES string of the molecule is CCOC(=O)/C(=C/c1ccccc1)C(=O)NCc1ccc(F)cc1. The zero-order valence-corrected chi connectivity index (χ0v) is 13.3. The van der Waals surface area contributed by atoms with Gasteiger partial charge >= 0.3 is 5.97 Å². The summed E-state index contributed by atoms with van der Waals surface area (Å²) in [5.74, 6) is -1.57. The van der Waals surface area contributed by atoms with Crippen LogP contribution in [0.2, 0.25) is 0 Å². The molecule has 24 heavy (non-hydrogen) atoms. The molecule has 4 nitrogen and oxygen atoms in total. The van der Waals surface area contributed by atoms with Crippen molar-refractivity contribution in [3.63, 3.8) is 0 Å². The van der Waals surface area contributed by atoms with Gasteiger partial charge in [0.2, 0.25) is 0 Å². The summed E-state index contributed by atoms with van der Waals surface area (Å²) in [6.07, 6.45) is 1.48. The summed E-state index contributed by atoms with van der Waals surface area (Å²) in [5.41, 5.74) is 1.37. The van der Waals surface area contributed by atoms with Gasteiger partial charge in [0, 0.05) is 6.54 Å². The van der Waals surface area contributed by atoms with Crippen LogP contribution in [0.25, 0.3) is 6.08 Å². The Morgan fingerprint density at radius 3 is 2.38 bits per heavy atom. The van der Waals surface area contributed by atoms with Gasteiger partial charge in [0.1, 0.15) is 11.4 Å². The molecule has 0 saturated carbocycles. The number of carbonyl (C=O) groups excluding carboxylic acids is 2. The molecule has 0 radical (unpaired) electrons. The van der Waals surface area contributed by atoms with E-state index in [1.807, 2.05) is 18.2 Å². The molecule has 2 aromatic rings. The third-order valence-electron chi connectivity index (χ3n) is 3.22. The number of amides is 1. The van der Waals surface area contributed by atoms with Crippen molar-refractivity contribution in [2.45, 2.75) is 13.5 Å². The zero-order chi connectivity index (χ0) is 17.4. The van der Waals surface area contributed by atoms with Crippen LogP contribution < -0.4 is 5.32 Å². The first-order valence-corrected chi connectivity index (χ1v) is 7.56. The molecule has 0 saturated heterocycles. The topological polar surface area (TPSA) is 55.4 Å². The molecular formula is C19H18FNO3. The average molecular weight is 327 g/mol. The number of carbonyl (C=O) groups is 2. The minimum atomic E-state index is -0.682. The lowest BCUT2D eigenvalue weighted by Gasteiger charge is -2.09. The molecule has 0 heterocycles. The lowest BCUT2D eigenvalue weighted by atomic mass is 10.1. The van der Waals surface area contributed by atoms with Crippen molar-refractivity contribution >= 4 is 18.0 Å². The van der Waals surface area contributed by atoms with E-state index >= 15 is 0 Å². The fraction of sp³-hybridized carbons (Fsp3) is 0.158. The molecule has 0 unspecified atom stereocenters. The van der Waals surface area contributed by atoms with E-state index in [9.17, 15) is 14.0 Å². The van der Waals surface area contributed by atoms with Crippen LogP contribution in [0.3, 0.4) is 0 Å². The van der Waals surface area contributed by atoms with Gasteiger partial charge in [0.25, 0.3) is 5.91 Å². The van der Waals surface area contributed by atoms with Crippen molar-refractivity contribution in [2.24, 2.45) is 0 Å². The average Bonchev–Trinajstić information content (AvgIpc) is 2.60. The predicted molar refractivity (Wildman–Crippen MR) is 89.3 cm³/mol. The number of nitrogens with one attached hydrogen (secondary N) is 1. The van der Waals surface area contributed by atoms with Crippen molar-refractivity contribution < 1.29 is 18.7 Å². The smallest absolute Gasteiger partial charge is 0.343 e. The Morgan fingerprint density at radius 1 is 1.08 bits per heavy atom. The molecule has 0 aliphatic heterocycles. The van der Waals surface area contributed by atoms with Crippen LogP contribution in [0.5, 0.6) is 0 Å². The van der Waals surface area contributed by atoms with Crippen molar-refractivity contribution in [1.29, 1.82) is 0 Å². The highest BCUT2D eigenvalue weighted by Gasteiger charge is 2.19. The summed E-state index contributed by atoms with van der Waals surface area (Å²) in [6.45, 7) is 2.04. The summed E-state index contributed by atoms with van der Waals surface area (Å²) in [4.78, 5) is 24.4. The fourth-order valence-corrected chi connectivity index (χ4v) is 2.02. The first-order chi connectivity index (χ1) is 11.6. The van der Waals surface area contributed by atoms with E-state index in [2.05, 4.69) is 5.32 Å². The number of ether oxygens (including phenoxy) is 1. The van der Waals surface area contributed by atoms with E-state index in [0.29, 0.717) is 0 Å². The monoisotopic (exact) mass is 327 g/mol. The van der Waals surface area contributed by atoms with E-state index in [4.69, 9.17) is 4.74 Å². The minimum Gasteiger partial charge on any atom is -0.462 e. The van der Waals surface area contributed by atoms with Crippen LogP contribution in [0.1, 0.15) is 18.1 Å². The molecule has 2 aromatic carbocycles. The summed E-state index contributed by atoms with van der Waals surface area (Å²) in [6, 6.07) is 14.8. The highest BCUT2D eigenvalue weighted by Crippen LogP contribution is 2.10. The van der Waals surface area contributed by atoms with E-state index in [1.165, 1.54) is 18.2 Å². The molecule has 5 heteroatoms. The lowest BCUT2D eigenvalue weighted by molar-refractivity contribution is -0.140. The summed E-state index contributed by atoms with van der Waals surface area (Å²) in [7, 11) is 0. The van der Waals surface area contributed by atoms with Gasteiger partial charge < -0.3 is 10.1 Å². The molecule has 0 fully saturated rings. The van der Waals surface area contributed by atoms with Crippen LogP contribution in [0.15, 0.2) is 60.2 Å². The minimum absolute atomic E-state index is 0.0786. The van der Waals surface area contributed by atoms with Crippen LogP contribution in [-0.2, 0) is 20.9 Å². The number of hydrogen-bond donors (Lipinski definition) is 1. The number of halogens is 1. The molecule has 0 aliphatic rings. The molecule has 1 N–H and O–H groups in total. The standard InChI is InChI=1S/C19H18FNO3/c1-2-24-19(23)17(12-14-6-4-3-5-7-14)18(22)21-13-15-8-10-16(20)11-9-15/h3-12H,2,13H2,1H3,(H,21,22)/b17-12+. The van der Waals surface area contributed by atoms with Crippen LogP contribution in [0, 0.1) is 5.82 Å². The fourth-order valence-electron chi connectivity index (χ4n) is 2.02. The molecule has 0 spiro atoms. The zero-order valence-electron chi connectivity index (χ0n) is 13.3. The summed E-state index contributed by atoms with van der Waals surface area (Å²) < 4.78 is 17.8. The Labute approximate surface area is 140 Å². The maximum Gasteiger partial charge on any atom is 0.343 e. The van der Waals surface area contributed by atoms with Crippen LogP contribution in [-0.4, -0.2) is 18.5 Å². The van der Waals surface area contributed by atoms with Crippen molar-refractivity contribution in [3.8, 4) is 0 Å². The molecule has 0 aromatic heterocycles. The normalized spacial score (nSPS) is 11.0. The molecule has 0 atom stereocenters. The Bertz CT molecular complexity index is 724. The van der Waals surface area contributed by atoms with Gasteiger partial charge in [-0.05, 0) is 36.3 Å². The Kier molecular flexibility index (Phi) is 6.25. The Morgan fingerprint density at radius 2 is 1.75 bits per heavy atom. The van der Waals surface area contributed by atoms with Gasteiger partial charge in [-0.15, -0.1) is 0 Å². The Balaban J connectivity index is 2.13. The lowest BCUT2D eigenvalue weighted by Crippen LogP contribution is -2.29. The van der Waals surface area contributed by atoms with Gasteiger partial charge in [-0.3, -0.25) is 4.79 Å². The predicted octanol–water partition coefficient (Wildman–Crippen LogP) is 3.09. The van der Waals surface area contributed by atoms with Crippen LogP contribution >= 0.6 is 0 Å². The Hall–Kier alpha value is -2.95. The molecule has 2 rings (SSSR count). The van der Waals surface area contributed by atoms with Crippen molar-refractivity contribution in [3.05, 3.63) is 77.1 Å². The highest BCUT2D eigenvalue weighted by atomic mass is 19.1.